The van der Waals surface area contributed by atoms with E-state index < -0.39 is 0 Å². The predicted molar refractivity (Wildman–Crippen MR) is 63.8 cm³/mol. The first-order valence-corrected chi connectivity index (χ1v) is 5.99. The van der Waals surface area contributed by atoms with Gasteiger partial charge in [0.1, 0.15) is 0 Å². The zero-order valence-electron chi connectivity index (χ0n) is 10.1. The minimum atomic E-state index is 0.428. The molecule has 1 aromatic heterocycles. The second-order valence-electron chi connectivity index (χ2n) is 5.80. The van der Waals surface area contributed by atoms with E-state index in [0.29, 0.717) is 5.41 Å². The number of hydrogen-bond donors (Lipinski definition) is 0. The Bertz CT molecular complexity index is 335. The molecule has 1 unspecified atom stereocenters. The first kappa shape index (κ1) is 10.7. The van der Waals surface area contributed by atoms with E-state index in [1.165, 1.54) is 36.8 Å². The number of nitrogens with zero attached hydrogens (tertiary/aromatic N) is 1. The smallest absolute Gasteiger partial charge is 0.0302 e. The second-order valence-corrected chi connectivity index (χ2v) is 5.80. The average Bonchev–Trinajstić information content (AvgIpc) is 2.38. The van der Waals surface area contributed by atoms with Crippen LogP contribution in [-0.4, -0.2) is 4.98 Å². The molecule has 0 radical (unpaired) electrons. The molecule has 0 N–H and O–H groups in total. The van der Waals surface area contributed by atoms with Gasteiger partial charge in [-0.25, -0.2) is 0 Å². The first-order chi connectivity index (χ1) is 7.07. The fraction of sp³-hybridized carbons (Fsp3) is 0.643. The lowest BCUT2D eigenvalue weighted by Crippen LogP contribution is -2.22. The van der Waals surface area contributed by atoms with Crippen LogP contribution in [0.15, 0.2) is 18.5 Å². The van der Waals surface area contributed by atoms with Gasteiger partial charge in [-0.15, -0.1) is 0 Å². The molecule has 1 nitrogen and oxygen atoms in total. The summed E-state index contributed by atoms with van der Waals surface area (Å²) < 4.78 is 0. The van der Waals surface area contributed by atoms with Gasteiger partial charge < -0.3 is 0 Å². The Kier molecular flexibility index (Phi) is 2.81. The third kappa shape index (κ3) is 2.39. The molecule has 82 valence electrons. The van der Waals surface area contributed by atoms with Crippen LogP contribution >= 0.6 is 0 Å². The van der Waals surface area contributed by atoms with E-state index in [2.05, 4.69) is 38.0 Å². The largest absolute Gasteiger partial charge is 0.264 e. The summed E-state index contributed by atoms with van der Waals surface area (Å²) in [7, 11) is 0. The van der Waals surface area contributed by atoms with Crippen LogP contribution in [0.2, 0.25) is 0 Å². The zero-order valence-corrected chi connectivity index (χ0v) is 10.1. The molecular formula is C14H21N. The van der Waals surface area contributed by atoms with Crippen LogP contribution in [-0.2, 0) is 12.8 Å². The normalized spacial score (nSPS) is 21.9. The summed E-state index contributed by atoms with van der Waals surface area (Å²) in [4.78, 5) is 4.26. The summed E-state index contributed by atoms with van der Waals surface area (Å²) in [5.41, 5.74) is 3.43. The molecule has 1 heterocycles. The van der Waals surface area contributed by atoms with Crippen molar-refractivity contribution in [3.8, 4) is 0 Å². The molecule has 2 rings (SSSR count). The summed E-state index contributed by atoms with van der Waals surface area (Å²) in [5.74, 6) is 0.808. The van der Waals surface area contributed by atoms with Crippen LogP contribution in [0.4, 0.5) is 0 Å². The lowest BCUT2D eigenvalue weighted by atomic mass is 9.76. The van der Waals surface area contributed by atoms with Crippen molar-refractivity contribution in [1.82, 2.24) is 4.98 Å². The van der Waals surface area contributed by atoms with Crippen molar-refractivity contribution in [2.75, 3.05) is 0 Å². The minimum Gasteiger partial charge on any atom is -0.264 e. The topological polar surface area (TPSA) is 12.9 Å². The fourth-order valence-corrected chi connectivity index (χ4v) is 2.53. The molecule has 0 aliphatic heterocycles. The van der Waals surface area contributed by atoms with Gasteiger partial charge in [-0.2, -0.15) is 0 Å². The number of hydrogen-bond acceptors (Lipinski definition) is 1. The average molecular weight is 203 g/mol. The number of aryl methyl sites for hydroxylation is 1. The molecule has 1 aromatic rings. The van der Waals surface area contributed by atoms with E-state index in [-0.39, 0.29) is 0 Å². The van der Waals surface area contributed by atoms with Gasteiger partial charge in [-0.1, -0.05) is 20.8 Å². The summed E-state index contributed by atoms with van der Waals surface area (Å²) in [6.45, 7) is 7.08. The van der Waals surface area contributed by atoms with Gasteiger partial charge in [0.05, 0.1) is 0 Å². The van der Waals surface area contributed by atoms with Crippen LogP contribution in [0, 0.1) is 11.3 Å². The minimum absolute atomic E-state index is 0.428. The van der Waals surface area contributed by atoms with Gasteiger partial charge in [0, 0.05) is 12.4 Å². The molecule has 1 heteroatoms. The van der Waals surface area contributed by atoms with Crippen molar-refractivity contribution in [3.05, 3.63) is 29.6 Å². The maximum Gasteiger partial charge on any atom is 0.0302 e. The molecule has 1 atom stereocenters. The monoisotopic (exact) mass is 203 g/mol. The van der Waals surface area contributed by atoms with Crippen molar-refractivity contribution in [1.29, 1.82) is 0 Å². The van der Waals surface area contributed by atoms with Crippen molar-refractivity contribution >= 4 is 0 Å². The Balaban J connectivity index is 2.25. The summed E-state index contributed by atoms with van der Waals surface area (Å²) in [6.07, 6.45) is 9.14. The van der Waals surface area contributed by atoms with Gasteiger partial charge in [-0.05, 0) is 54.2 Å². The molecule has 0 saturated heterocycles. The lowest BCUT2D eigenvalue weighted by Gasteiger charge is -2.29. The van der Waals surface area contributed by atoms with E-state index in [1.807, 2.05) is 6.20 Å². The van der Waals surface area contributed by atoms with Gasteiger partial charge >= 0.3 is 0 Å². The highest BCUT2D eigenvalue weighted by molar-refractivity contribution is 5.25. The third-order valence-corrected chi connectivity index (χ3v) is 3.69. The SMILES string of the molecule is CC(C)(C)C1CCCc2ccncc2C1. The number of aromatic nitrogens is 1. The Hall–Kier alpha value is -0.850. The molecule has 1 aliphatic carbocycles. The maximum atomic E-state index is 4.26. The Morgan fingerprint density at radius 3 is 2.80 bits per heavy atom. The molecule has 0 aromatic carbocycles. The molecule has 1 aliphatic rings. The van der Waals surface area contributed by atoms with Crippen LogP contribution in [0.3, 0.4) is 0 Å². The maximum absolute atomic E-state index is 4.26. The van der Waals surface area contributed by atoms with Gasteiger partial charge in [0.25, 0.3) is 0 Å². The van der Waals surface area contributed by atoms with Gasteiger partial charge in [0.2, 0.25) is 0 Å². The highest BCUT2D eigenvalue weighted by atomic mass is 14.6. The molecule has 0 spiro atoms. The van der Waals surface area contributed by atoms with Crippen molar-refractivity contribution in [2.24, 2.45) is 11.3 Å². The van der Waals surface area contributed by atoms with Crippen LogP contribution in [0.1, 0.15) is 44.7 Å². The van der Waals surface area contributed by atoms with Crippen molar-refractivity contribution in [3.63, 3.8) is 0 Å². The number of rotatable bonds is 0. The van der Waals surface area contributed by atoms with E-state index >= 15 is 0 Å². The molecule has 0 saturated carbocycles. The number of fused-ring (bicyclic) bond motifs is 1. The molecule has 0 amide bonds. The van der Waals surface area contributed by atoms with E-state index in [0.717, 1.165) is 5.92 Å². The number of pyridine rings is 1. The van der Waals surface area contributed by atoms with Gasteiger partial charge in [0.15, 0.2) is 0 Å². The summed E-state index contributed by atoms with van der Waals surface area (Å²) in [6, 6.07) is 2.19. The van der Waals surface area contributed by atoms with E-state index in [1.54, 1.807) is 0 Å². The molecule has 15 heavy (non-hydrogen) atoms. The highest BCUT2D eigenvalue weighted by Crippen LogP contribution is 2.35. The fourth-order valence-electron chi connectivity index (χ4n) is 2.53. The zero-order chi connectivity index (χ0) is 10.9. The van der Waals surface area contributed by atoms with Crippen molar-refractivity contribution in [2.45, 2.75) is 46.5 Å². The van der Waals surface area contributed by atoms with Crippen LogP contribution < -0.4 is 0 Å². The van der Waals surface area contributed by atoms with E-state index in [4.69, 9.17) is 0 Å². The lowest BCUT2D eigenvalue weighted by molar-refractivity contribution is 0.224. The highest BCUT2D eigenvalue weighted by Gasteiger charge is 2.27. The molecule has 0 bridgehead atoms. The van der Waals surface area contributed by atoms with Gasteiger partial charge in [-0.3, -0.25) is 4.98 Å². The predicted octanol–water partition coefficient (Wildman–Crippen LogP) is 3.62. The summed E-state index contributed by atoms with van der Waals surface area (Å²) in [5, 5.41) is 0. The van der Waals surface area contributed by atoms with Crippen LogP contribution in [0.25, 0.3) is 0 Å². The van der Waals surface area contributed by atoms with E-state index in [9.17, 15) is 0 Å². The standard InChI is InChI=1S/C14H21N/c1-14(2,3)13-6-4-5-11-7-8-15-10-12(11)9-13/h7-8,10,13H,4-6,9H2,1-3H3. The Morgan fingerprint density at radius 1 is 1.27 bits per heavy atom. The third-order valence-electron chi connectivity index (χ3n) is 3.69. The molecule has 0 fully saturated rings. The summed E-state index contributed by atoms with van der Waals surface area (Å²) >= 11 is 0. The van der Waals surface area contributed by atoms with Crippen molar-refractivity contribution < 1.29 is 0 Å². The molecular weight excluding hydrogens is 182 g/mol. The van der Waals surface area contributed by atoms with Crippen LogP contribution in [0.5, 0.6) is 0 Å². The Labute approximate surface area is 92.9 Å². The quantitative estimate of drug-likeness (QED) is 0.587. The first-order valence-electron chi connectivity index (χ1n) is 5.99. The Morgan fingerprint density at radius 2 is 2.07 bits per heavy atom. The second kappa shape index (κ2) is 3.96.